The molecule has 21 heteroatoms. The van der Waals surface area contributed by atoms with Crippen LogP contribution < -0.4 is 43.4 Å². The highest BCUT2D eigenvalue weighted by Gasteiger charge is 2.24. The molecule has 12 rings (SSSR count). The number of para-hydroxylation sites is 2. The molecule has 4 heterocycles. The minimum absolute atomic E-state index is 0.168. The number of nitrogens with zero attached hydrogens (tertiary/aromatic N) is 10. The van der Waals surface area contributed by atoms with E-state index in [0.717, 1.165) is 18.3 Å². The highest BCUT2D eigenvalue weighted by atomic mass is 35.5. The van der Waals surface area contributed by atoms with E-state index >= 15 is 0 Å². The van der Waals surface area contributed by atoms with E-state index in [9.17, 15) is 19.2 Å². The van der Waals surface area contributed by atoms with Crippen LogP contribution in [0.2, 0.25) is 0 Å². The molecule has 10 aromatic rings. The van der Waals surface area contributed by atoms with Crippen molar-refractivity contribution in [2.24, 2.45) is 0 Å². The number of amides is 1. The van der Waals surface area contributed by atoms with Gasteiger partial charge in [0, 0.05) is 42.6 Å². The van der Waals surface area contributed by atoms with E-state index in [1.54, 1.807) is 103 Å². The van der Waals surface area contributed by atoms with E-state index in [1.807, 2.05) is 72.8 Å². The van der Waals surface area contributed by atoms with Gasteiger partial charge in [-0.2, -0.15) is 0 Å². The van der Waals surface area contributed by atoms with Crippen LogP contribution in [-0.2, 0) is 9.59 Å². The number of halogens is 1. The molecule has 2 aliphatic carbocycles. The van der Waals surface area contributed by atoms with E-state index in [0.29, 0.717) is 86.3 Å². The third-order valence-corrected chi connectivity index (χ3v) is 14.8. The van der Waals surface area contributed by atoms with Gasteiger partial charge in [0.2, 0.25) is 11.1 Å². The molecule has 2 aliphatic rings. The minimum Gasteiger partial charge on any atom is -0.457 e. The number of rotatable bonds is 17. The Morgan fingerprint density at radius 2 is 0.976 bits per heavy atom. The third kappa shape index (κ3) is 13.9. The van der Waals surface area contributed by atoms with Crippen molar-refractivity contribution < 1.29 is 19.1 Å². The van der Waals surface area contributed by atoms with E-state index in [2.05, 4.69) is 49.1 Å². The second-order valence-corrected chi connectivity index (χ2v) is 20.8. The highest BCUT2D eigenvalue weighted by molar-refractivity contribution is 6.66. The van der Waals surface area contributed by atoms with Crippen LogP contribution in [0.1, 0.15) is 38.5 Å². The summed E-state index contributed by atoms with van der Waals surface area (Å²) < 4.78 is 17.6. The number of hydrogen-bond acceptors (Lipinski definition) is 15. The van der Waals surface area contributed by atoms with E-state index in [-0.39, 0.29) is 28.9 Å². The topological polar surface area (TPSA) is 255 Å². The SMILES string of the molecule is CN(C/C=C/C(=O)Cl)C1CCC1.CN(C/C=C/C(=O)Nc1cccc(-n2c(=O)n(-c3ccc(Oc4ccccc4)cc3)c3c(N)ncnc32)c1)C1CCC1.Nc1cccc(-n2c(=O)n(-c3ccc(Oc4ccccc4)cc3)c3c(N)ncnc32)c1. The van der Waals surface area contributed by atoms with Crippen molar-refractivity contribution >= 4 is 68.1 Å². The van der Waals surface area contributed by atoms with Gasteiger partial charge in [-0.25, -0.2) is 38.7 Å². The third-order valence-electron chi connectivity index (χ3n) is 14.6. The molecule has 0 spiro atoms. The first-order valence-electron chi connectivity index (χ1n) is 27.6. The first-order chi connectivity index (χ1) is 41.3. The molecule has 1 amide bonds. The summed E-state index contributed by atoms with van der Waals surface area (Å²) in [5.74, 6) is 2.83. The van der Waals surface area contributed by atoms with Crippen molar-refractivity contribution in [3.8, 4) is 45.7 Å². The van der Waals surface area contributed by atoms with Gasteiger partial charge in [-0.15, -0.1) is 0 Å². The van der Waals surface area contributed by atoms with Gasteiger partial charge in [0.25, 0.3) is 0 Å². The van der Waals surface area contributed by atoms with Gasteiger partial charge in [-0.1, -0.05) is 73.5 Å². The predicted molar refractivity (Wildman–Crippen MR) is 334 cm³/mol. The monoisotopic (exact) mass is 1160 g/mol. The molecule has 2 saturated carbocycles. The van der Waals surface area contributed by atoms with Gasteiger partial charge in [-0.3, -0.25) is 28.5 Å². The lowest BCUT2D eigenvalue weighted by Gasteiger charge is -2.33. The summed E-state index contributed by atoms with van der Waals surface area (Å²) in [6, 6.07) is 48.6. The number of carbonyl (C=O) groups is 2. The molecule has 2 fully saturated rings. The molecule has 0 radical (unpaired) electrons. The molecule has 7 N–H and O–H groups in total. The summed E-state index contributed by atoms with van der Waals surface area (Å²) in [5.41, 5.74) is 22.6. The Morgan fingerprint density at radius 3 is 1.41 bits per heavy atom. The zero-order chi connectivity index (χ0) is 59.4. The summed E-state index contributed by atoms with van der Waals surface area (Å²) in [7, 11) is 4.15. The second kappa shape index (κ2) is 26.8. The molecule has 0 atom stereocenters. The normalized spacial score (nSPS) is 13.3. The lowest BCUT2D eigenvalue weighted by Crippen LogP contribution is -2.37. The summed E-state index contributed by atoms with van der Waals surface area (Å²) in [5, 5.41) is 2.50. The van der Waals surface area contributed by atoms with Gasteiger partial charge >= 0.3 is 11.4 Å². The summed E-state index contributed by atoms with van der Waals surface area (Å²) in [4.78, 5) is 71.7. The number of ether oxygens (including phenoxy) is 2. The smallest absolute Gasteiger partial charge is 0.339 e. The van der Waals surface area contributed by atoms with Crippen LogP contribution >= 0.6 is 11.6 Å². The Bertz CT molecular complexity index is 4140. The number of carbonyl (C=O) groups excluding carboxylic acids is 2. The van der Waals surface area contributed by atoms with Crippen LogP contribution in [0.5, 0.6) is 23.0 Å². The molecule has 0 bridgehead atoms. The molecule has 0 saturated heterocycles. The number of imidazole rings is 2. The molecule has 0 unspecified atom stereocenters. The van der Waals surface area contributed by atoms with Crippen molar-refractivity contribution in [1.82, 2.24) is 48.0 Å². The minimum atomic E-state index is -0.392. The number of nitrogens with one attached hydrogen (secondary N) is 1. The molecule has 4 aromatic heterocycles. The van der Waals surface area contributed by atoms with Gasteiger partial charge in [0.1, 0.15) is 46.7 Å². The standard InChI is InChI=1S/C32H31N7O3.C23H18N6O2.C9H14ClNO/c1-37(23-9-6-10-23)19-7-14-28(40)36-22-8-5-11-25(20-22)39-31-29(30(33)34-21-35-31)38(32(39)41)24-15-17-27(18-16-24)42-26-12-3-2-4-13-26;24-15-5-4-6-17(13-15)29-22-20(21(25)26-14-27-22)28(23(29)30)16-9-11-19(12-10-16)31-18-7-2-1-3-8-18;1-11(8-4-2-5-8)7-3-6-9(10)12/h2-5,7-8,11-18,20-21,23H,6,9-10,19H2,1H3,(H,36,40)(H2,33,34,35);1-14H,24H2,(H2,25,26,27);3,6,8H,2,4-5,7H2,1H3/b14-7+;;6-3+. The number of likely N-dealkylation sites (N-methyl/N-ethyl adjacent to an activating group) is 2. The van der Waals surface area contributed by atoms with Gasteiger partial charge in [-0.05, 0) is 167 Å². The van der Waals surface area contributed by atoms with Crippen molar-refractivity contribution in [1.29, 1.82) is 0 Å². The highest BCUT2D eigenvalue weighted by Crippen LogP contribution is 2.30. The average molecular weight is 1160 g/mol. The Hall–Kier alpha value is -10.2. The Morgan fingerprint density at radius 1 is 0.541 bits per heavy atom. The van der Waals surface area contributed by atoms with Crippen LogP contribution in [0.15, 0.2) is 204 Å². The molecule has 0 aliphatic heterocycles. The van der Waals surface area contributed by atoms with E-state index in [4.69, 9.17) is 38.3 Å². The lowest BCUT2D eigenvalue weighted by molar-refractivity contribution is -0.112. The quantitative estimate of drug-likeness (QED) is 0.0376. The van der Waals surface area contributed by atoms with Gasteiger partial charge in [0.15, 0.2) is 22.9 Å². The van der Waals surface area contributed by atoms with Crippen molar-refractivity contribution in [3.63, 3.8) is 0 Å². The fraction of sp³-hybridized carbons (Fsp3) is 0.188. The van der Waals surface area contributed by atoms with Gasteiger partial charge < -0.3 is 32.0 Å². The van der Waals surface area contributed by atoms with Crippen LogP contribution in [0.4, 0.5) is 23.0 Å². The first-order valence-corrected chi connectivity index (χ1v) is 28.0. The maximum absolute atomic E-state index is 13.9. The van der Waals surface area contributed by atoms with Crippen molar-refractivity contribution in [2.75, 3.05) is 49.7 Å². The zero-order valence-electron chi connectivity index (χ0n) is 46.8. The summed E-state index contributed by atoms with van der Waals surface area (Å²) in [6.45, 7) is 1.54. The fourth-order valence-electron chi connectivity index (χ4n) is 9.78. The number of hydrogen-bond donors (Lipinski definition) is 4. The number of benzene rings is 6. The fourth-order valence-corrected chi connectivity index (χ4v) is 9.86. The van der Waals surface area contributed by atoms with Crippen LogP contribution in [0.25, 0.3) is 45.1 Å². The Balaban J connectivity index is 0.000000163. The van der Waals surface area contributed by atoms with E-state index in [1.165, 1.54) is 75.5 Å². The maximum atomic E-state index is 13.9. The molecular weight excluding hydrogens is 1100 g/mol. The second-order valence-electron chi connectivity index (χ2n) is 20.4. The van der Waals surface area contributed by atoms with Crippen LogP contribution in [0, 0.1) is 0 Å². The van der Waals surface area contributed by atoms with Crippen LogP contribution in [0.3, 0.4) is 0 Å². The number of aromatic nitrogens is 8. The number of anilines is 4. The largest absolute Gasteiger partial charge is 0.457 e. The van der Waals surface area contributed by atoms with Gasteiger partial charge in [0.05, 0.1) is 22.7 Å². The number of nitrogen functional groups attached to an aromatic ring is 3. The number of allylic oxidation sites excluding steroid dienone is 1. The molecule has 432 valence electrons. The Kier molecular flexibility index (Phi) is 18.3. The molecule has 6 aromatic carbocycles. The van der Waals surface area contributed by atoms with Crippen molar-refractivity contribution in [2.45, 2.75) is 50.6 Å². The number of nitrogens with two attached hydrogens (primary N) is 3. The van der Waals surface area contributed by atoms with Crippen molar-refractivity contribution in [3.05, 3.63) is 216 Å². The summed E-state index contributed by atoms with van der Waals surface area (Å²) >= 11 is 5.14. The summed E-state index contributed by atoms with van der Waals surface area (Å²) in [6.07, 6.45) is 16.9. The Labute approximate surface area is 494 Å². The molecule has 20 nitrogen and oxygen atoms in total. The predicted octanol–water partition coefficient (Wildman–Crippen LogP) is 10.2. The molecule has 85 heavy (non-hydrogen) atoms. The van der Waals surface area contributed by atoms with E-state index < -0.39 is 5.24 Å². The lowest BCUT2D eigenvalue weighted by atomic mass is 9.92. The maximum Gasteiger partial charge on any atom is 0.339 e. The first kappa shape index (κ1) is 58.1. The average Bonchev–Trinajstić information content (AvgIpc) is 1.87. The van der Waals surface area contributed by atoms with Crippen LogP contribution in [-0.4, -0.2) is 98.4 Å². The molecular formula is C64H63ClN14O6. The number of fused-ring (bicyclic) bond motifs is 2. The zero-order valence-corrected chi connectivity index (χ0v) is 47.6.